The lowest BCUT2D eigenvalue weighted by Gasteiger charge is -2.34. The molecule has 6 nitrogen and oxygen atoms in total. The van der Waals surface area contributed by atoms with Crippen molar-refractivity contribution in [2.24, 2.45) is 0 Å². The van der Waals surface area contributed by atoms with Gasteiger partial charge >= 0.3 is 0 Å². The Kier molecular flexibility index (Phi) is 5.31. The molecule has 2 aliphatic rings. The van der Waals surface area contributed by atoms with E-state index in [1.807, 2.05) is 0 Å². The molecule has 2 heterocycles. The fourth-order valence-electron chi connectivity index (χ4n) is 3.25. The van der Waals surface area contributed by atoms with Gasteiger partial charge in [-0.1, -0.05) is 12.1 Å². The summed E-state index contributed by atoms with van der Waals surface area (Å²) in [5.41, 5.74) is 0.587. The minimum Gasteiger partial charge on any atom is -0.341 e. The molecule has 0 unspecified atom stereocenters. The van der Waals surface area contributed by atoms with Crippen LogP contribution in [-0.2, 0) is 20.8 Å². The molecule has 1 aromatic rings. The maximum absolute atomic E-state index is 13.2. The molecule has 134 valence electrons. The molecule has 7 heteroatoms. The zero-order valence-corrected chi connectivity index (χ0v) is 14.1. The van der Waals surface area contributed by atoms with E-state index in [0.717, 1.165) is 25.9 Å². The third kappa shape index (κ3) is 4.35. The first-order chi connectivity index (χ1) is 12.0. The third-order valence-electron chi connectivity index (χ3n) is 4.70. The van der Waals surface area contributed by atoms with Gasteiger partial charge in [-0.25, -0.2) is 4.39 Å². The molecule has 0 N–H and O–H groups in total. The molecule has 2 aliphatic heterocycles. The van der Waals surface area contributed by atoms with E-state index in [1.165, 1.54) is 21.9 Å². The highest BCUT2D eigenvalue weighted by Crippen LogP contribution is 2.12. The second kappa shape index (κ2) is 7.63. The monoisotopic (exact) mass is 347 g/mol. The second-order valence-corrected chi connectivity index (χ2v) is 6.53. The van der Waals surface area contributed by atoms with Crippen molar-refractivity contribution in [2.75, 3.05) is 39.3 Å². The Morgan fingerprint density at radius 2 is 1.76 bits per heavy atom. The number of carbonyl (C=O) groups is 3. The molecule has 0 aromatic heterocycles. The Morgan fingerprint density at radius 3 is 2.44 bits per heavy atom. The molecule has 3 rings (SSSR count). The van der Waals surface area contributed by atoms with E-state index in [0.29, 0.717) is 18.7 Å². The lowest BCUT2D eigenvalue weighted by Crippen LogP contribution is -2.54. The van der Waals surface area contributed by atoms with Gasteiger partial charge in [0, 0.05) is 26.2 Å². The zero-order chi connectivity index (χ0) is 17.8. The SMILES string of the molecule is O=C(CN1CCN(C(=O)Cc2cccc(F)c2)CC1=O)N1CCCC1. The molecule has 1 aromatic carbocycles. The lowest BCUT2D eigenvalue weighted by atomic mass is 10.1. The normalized spacial score (nSPS) is 18.0. The van der Waals surface area contributed by atoms with Gasteiger partial charge in [0.05, 0.1) is 19.5 Å². The third-order valence-corrected chi connectivity index (χ3v) is 4.70. The highest BCUT2D eigenvalue weighted by atomic mass is 19.1. The van der Waals surface area contributed by atoms with Crippen molar-refractivity contribution >= 4 is 17.7 Å². The van der Waals surface area contributed by atoms with Gasteiger partial charge in [0.25, 0.3) is 0 Å². The Labute approximate surface area is 146 Å². The fourth-order valence-corrected chi connectivity index (χ4v) is 3.25. The van der Waals surface area contributed by atoms with E-state index in [4.69, 9.17) is 0 Å². The van der Waals surface area contributed by atoms with Crippen LogP contribution in [0.15, 0.2) is 24.3 Å². The van der Waals surface area contributed by atoms with Crippen LogP contribution in [0.4, 0.5) is 4.39 Å². The number of hydrogen-bond acceptors (Lipinski definition) is 3. The van der Waals surface area contributed by atoms with Gasteiger partial charge in [-0.15, -0.1) is 0 Å². The van der Waals surface area contributed by atoms with E-state index in [2.05, 4.69) is 0 Å². The van der Waals surface area contributed by atoms with E-state index in [9.17, 15) is 18.8 Å². The van der Waals surface area contributed by atoms with Crippen molar-refractivity contribution in [1.29, 1.82) is 0 Å². The number of piperazine rings is 1. The van der Waals surface area contributed by atoms with Crippen LogP contribution >= 0.6 is 0 Å². The van der Waals surface area contributed by atoms with Crippen LogP contribution in [-0.4, -0.2) is 71.7 Å². The highest BCUT2D eigenvalue weighted by Gasteiger charge is 2.29. The topological polar surface area (TPSA) is 60.9 Å². The van der Waals surface area contributed by atoms with Crippen molar-refractivity contribution in [1.82, 2.24) is 14.7 Å². The number of amides is 3. The quantitative estimate of drug-likeness (QED) is 0.804. The summed E-state index contributed by atoms with van der Waals surface area (Å²) in [5.74, 6) is -0.826. The van der Waals surface area contributed by atoms with Gasteiger partial charge in [-0.05, 0) is 30.5 Å². The first kappa shape index (κ1) is 17.4. The van der Waals surface area contributed by atoms with E-state index >= 15 is 0 Å². The second-order valence-electron chi connectivity index (χ2n) is 6.53. The highest BCUT2D eigenvalue weighted by molar-refractivity contribution is 5.90. The molecule has 0 saturated carbocycles. The number of rotatable bonds is 4. The van der Waals surface area contributed by atoms with E-state index in [-0.39, 0.29) is 43.0 Å². The molecule has 0 radical (unpaired) electrons. The standard InChI is InChI=1S/C18H22FN3O3/c19-15-5-3-4-14(10-15)11-16(23)21-8-9-22(18(25)13-21)12-17(24)20-6-1-2-7-20/h3-5,10H,1-2,6-9,11-13H2. The molecular weight excluding hydrogens is 325 g/mol. The van der Waals surface area contributed by atoms with Crippen molar-refractivity contribution in [3.05, 3.63) is 35.6 Å². The van der Waals surface area contributed by atoms with Gasteiger partial charge in [0.15, 0.2) is 0 Å². The van der Waals surface area contributed by atoms with Crippen LogP contribution in [0, 0.1) is 5.82 Å². The summed E-state index contributed by atoms with van der Waals surface area (Å²) in [5, 5.41) is 0. The summed E-state index contributed by atoms with van der Waals surface area (Å²) >= 11 is 0. The Balaban J connectivity index is 1.51. The minimum absolute atomic E-state index is 0.0228. The Bertz CT molecular complexity index is 673. The fraction of sp³-hybridized carbons (Fsp3) is 0.500. The Morgan fingerprint density at radius 1 is 1.00 bits per heavy atom. The van der Waals surface area contributed by atoms with Gasteiger partial charge in [0.2, 0.25) is 17.7 Å². The summed E-state index contributed by atoms with van der Waals surface area (Å²) in [6.07, 6.45) is 2.10. The van der Waals surface area contributed by atoms with Gasteiger partial charge in [-0.3, -0.25) is 14.4 Å². The first-order valence-corrected chi connectivity index (χ1v) is 8.61. The number of nitrogens with zero attached hydrogens (tertiary/aromatic N) is 3. The van der Waals surface area contributed by atoms with Crippen LogP contribution in [0.5, 0.6) is 0 Å². The maximum atomic E-state index is 13.2. The molecule has 2 fully saturated rings. The number of likely N-dealkylation sites (tertiary alicyclic amines) is 1. The number of carbonyl (C=O) groups excluding carboxylic acids is 3. The number of halogens is 1. The van der Waals surface area contributed by atoms with E-state index < -0.39 is 0 Å². The van der Waals surface area contributed by atoms with Gasteiger partial charge in [-0.2, -0.15) is 0 Å². The van der Waals surface area contributed by atoms with Crippen LogP contribution < -0.4 is 0 Å². The Hall–Kier alpha value is -2.44. The predicted octanol–water partition coefficient (Wildman–Crippen LogP) is 0.661. The lowest BCUT2D eigenvalue weighted by molar-refractivity contribution is -0.148. The molecule has 0 spiro atoms. The molecule has 2 saturated heterocycles. The van der Waals surface area contributed by atoms with Crippen molar-refractivity contribution < 1.29 is 18.8 Å². The first-order valence-electron chi connectivity index (χ1n) is 8.61. The largest absolute Gasteiger partial charge is 0.341 e. The van der Waals surface area contributed by atoms with Gasteiger partial charge in [0.1, 0.15) is 5.82 Å². The molecule has 0 atom stereocenters. The summed E-state index contributed by atoms with van der Waals surface area (Å²) in [6.45, 7) is 2.34. The van der Waals surface area contributed by atoms with E-state index in [1.54, 1.807) is 17.0 Å². The molecule has 3 amide bonds. The predicted molar refractivity (Wildman–Crippen MR) is 89.1 cm³/mol. The number of hydrogen-bond donors (Lipinski definition) is 0. The van der Waals surface area contributed by atoms with Gasteiger partial charge < -0.3 is 14.7 Å². The maximum Gasteiger partial charge on any atom is 0.242 e. The molecular formula is C18H22FN3O3. The molecule has 25 heavy (non-hydrogen) atoms. The van der Waals surface area contributed by atoms with Crippen LogP contribution in [0.2, 0.25) is 0 Å². The zero-order valence-electron chi connectivity index (χ0n) is 14.1. The van der Waals surface area contributed by atoms with Crippen molar-refractivity contribution in [2.45, 2.75) is 19.3 Å². The van der Waals surface area contributed by atoms with Crippen molar-refractivity contribution in [3.63, 3.8) is 0 Å². The summed E-state index contributed by atoms with van der Waals surface area (Å²) < 4.78 is 13.2. The molecule has 0 aliphatic carbocycles. The van der Waals surface area contributed by atoms with Crippen molar-refractivity contribution in [3.8, 4) is 0 Å². The molecule has 0 bridgehead atoms. The smallest absolute Gasteiger partial charge is 0.242 e. The summed E-state index contributed by atoms with van der Waals surface area (Å²) in [7, 11) is 0. The number of benzene rings is 1. The average molecular weight is 347 g/mol. The van der Waals surface area contributed by atoms with Crippen LogP contribution in [0.3, 0.4) is 0 Å². The minimum atomic E-state index is -0.383. The summed E-state index contributed by atoms with van der Waals surface area (Å²) in [4.78, 5) is 41.5. The van der Waals surface area contributed by atoms with Crippen LogP contribution in [0.1, 0.15) is 18.4 Å². The van der Waals surface area contributed by atoms with Crippen LogP contribution in [0.25, 0.3) is 0 Å². The summed E-state index contributed by atoms with van der Waals surface area (Å²) in [6, 6.07) is 5.90. The average Bonchev–Trinajstić information content (AvgIpc) is 3.11.